The van der Waals surface area contributed by atoms with Crippen LogP contribution in [0.1, 0.15) is 11.1 Å². The number of rotatable bonds is 4. The summed E-state index contributed by atoms with van der Waals surface area (Å²) in [5.74, 6) is 0.488. The number of benzene rings is 2. The maximum absolute atomic E-state index is 12.6. The maximum atomic E-state index is 12.6. The van der Waals surface area contributed by atoms with Crippen LogP contribution in [0.3, 0.4) is 0 Å². The summed E-state index contributed by atoms with van der Waals surface area (Å²) in [6.45, 7) is 0.960. The van der Waals surface area contributed by atoms with E-state index in [1.54, 1.807) is 17.1 Å². The number of nitrogens with zero attached hydrogens (tertiary/aromatic N) is 3. The fraction of sp³-hybridized carbons (Fsp3) is 0.211. The van der Waals surface area contributed by atoms with Crippen molar-refractivity contribution in [2.24, 2.45) is 5.92 Å². The molecular weight excluding hydrogens is 352 g/mol. The summed E-state index contributed by atoms with van der Waals surface area (Å²) < 4.78 is 7.44. The first-order valence-corrected chi connectivity index (χ1v) is 8.68. The lowest BCUT2D eigenvalue weighted by Gasteiger charge is -2.24. The highest BCUT2D eigenvalue weighted by molar-refractivity contribution is 6.30. The number of nitrogens with one attached hydrogen (secondary N) is 1. The second-order valence-corrected chi connectivity index (χ2v) is 6.68. The van der Waals surface area contributed by atoms with Crippen molar-refractivity contribution in [2.75, 3.05) is 11.9 Å². The lowest BCUT2D eigenvalue weighted by atomic mass is 9.96. The summed E-state index contributed by atoms with van der Waals surface area (Å²) in [7, 11) is 0. The van der Waals surface area contributed by atoms with Crippen molar-refractivity contribution < 1.29 is 9.53 Å². The highest BCUT2D eigenvalue weighted by Crippen LogP contribution is 2.30. The third-order valence-electron chi connectivity index (χ3n) is 4.31. The summed E-state index contributed by atoms with van der Waals surface area (Å²) in [4.78, 5) is 16.6. The maximum Gasteiger partial charge on any atom is 0.231 e. The molecule has 2 heterocycles. The van der Waals surface area contributed by atoms with Gasteiger partial charge in [0.25, 0.3) is 0 Å². The molecule has 7 heteroatoms. The Morgan fingerprint density at radius 2 is 2.23 bits per heavy atom. The highest BCUT2D eigenvalue weighted by Gasteiger charge is 2.26. The normalized spacial score (nSPS) is 15.8. The van der Waals surface area contributed by atoms with E-state index in [0.717, 1.165) is 22.6 Å². The molecule has 1 aliphatic rings. The zero-order chi connectivity index (χ0) is 17.9. The predicted octanol–water partition coefficient (Wildman–Crippen LogP) is 3.17. The van der Waals surface area contributed by atoms with Crippen LogP contribution in [0.2, 0.25) is 5.02 Å². The van der Waals surface area contributed by atoms with Crippen molar-refractivity contribution in [3.8, 4) is 5.75 Å². The molecule has 4 rings (SSSR count). The Morgan fingerprint density at radius 3 is 3.08 bits per heavy atom. The van der Waals surface area contributed by atoms with Crippen molar-refractivity contribution in [3.63, 3.8) is 0 Å². The van der Waals surface area contributed by atoms with Gasteiger partial charge in [0.1, 0.15) is 25.0 Å². The molecule has 1 amide bonds. The first-order chi connectivity index (χ1) is 12.7. The number of carbonyl (C=O) groups excluding carboxylic acids is 1. The zero-order valence-electron chi connectivity index (χ0n) is 13.9. The van der Waals surface area contributed by atoms with Gasteiger partial charge in [-0.05, 0) is 47.9 Å². The van der Waals surface area contributed by atoms with Gasteiger partial charge in [-0.2, -0.15) is 5.10 Å². The van der Waals surface area contributed by atoms with Crippen LogP contribution in [-0.2, 0) is 17.8 Å². The predicted molar refractivity (Wildman–Crippen MR) is 98.3 cm³/mol. The molecule has 132 valence electrons. The number of carbonyl (C=O) groups is 1. The standard InChI is InChI=1S/C19H17ClN4O2/c20-16-4-5-18-14(8-16)7-15(10-26-18)19(25)23-17-3-1-2-13(6-17)9-24-12-21-11-22-24/h1-6,8,11-12,15H,7,9-10H2,(H,23,25)/t15-/m1/s1. The largest absolute Gasteiger partial charge is 0.492 e. The molecule has 1 aliphatic heterocycles. The number of halogens is 1. The second-order valence-electron chi connectivity index (χ2n) is 6.25. The van der Waals surface area contributed by atoms with Crippen LogP contribution in [0, 0.1) is 5.92 Å². The van der Waals surface area contributed by atoms with Gasteiger partial charge < -0.3 is 10.1 Å². The van der Waals surface area contributed by atoms with Crippen LogP contribution in [0.25, 0.3) is 0 Å². The van der Waals surface area contributed by atoms with Crippen LogP contribution >= 0.6 is 11.6 Å². The monoisotopic (exact) mass is 368 g/mol. The van der Waals surface area contributed by atoms with E-state index in [1.807, 2.05) is 36.4 Å². The molecule has 0 saturated heterocycles. The molecule has 0 bridgehead atoms. The molecule has 0 spiro atoms. The average Bonchev–Trinajstić information content (AvgIpc) is 3.14. The molecule has 0 fully saturated rings. The van der Waals surface area contributed by atoms with E-state index >= 15 is 0 Å². The Hall–Kier alpha value is -2.86. The van der Waals surface area contributed by atoms with Gasteiger partial charge >= 0.3 is 0 Å². The minimum atomic E-state index is -0.250. The first-order valence-electron chi connectivity index (χ1n) is 8.31. The summed E-state index contributed by atoms with van der Waals surface area (Å²) >= 11 is 6.04. The fourth-order valence-corrected chi connectivity index (χ4v) is 3.22. The van der Waals surface area contributed by atoms with Gasteiger partial charge in [0.2, 0.25) is 5.91 Å². The van der Waals surface area contributed by atoms with Gasteiger partial charge in [-0.15, -0.1) is 0 Å². The summed E-state index contributed by atoms with van der Waals surface area (Å²) in [5, 5.41) is 7.72. The minimum absolute atomic E-state index is 0.0615. The van der Waals surface area contributed by atoms with Crippen LogP contribution in [0.4, 0.5) is 5.69 Å². The van der Waals surface area contributed by atoms with Crippen molar-refractivity contribution in [1.82, 2.24) is 14.8 Å². The van der Waals surface area contributed by atoms with Crippen molar-refractivity contribution in [3.05, 3.63) is 71.3 Å². The lowest BCUT2D eigenvalue weighted by Crippen LogP contribution is -2.32. The lowest BCUT2D eigenvalue weighted by molar-refractivity contribution is -0.121. The number of aromatic nitrogens is 3. The fourth-order valence-electron chi connectivity index (χ4n) is 3.02. The molecule has 0 saturated carbocycles. The van der Waals surface area contributed by atoms with Crippen molar-refractivity contribution >= 4 is 23.2 Å². The quantitative estimate of drug-likeness (QED) is 0.768. The molecule has 1 aromatic heterocycles. The number of fused-ring (bicyclic) bond motifs is 1. The molecule has 0 unspecified atom stereocenters. The SMILES string of the molecule is O=C(Nc1cccc(Cn2cncn2)c1)[C@H]1COc2ccc(Cl)cc2C1. The molecule has 2 aromatic carbocycles. The Morgan fingerprint density at radius 1 is 1.31 bits per heavy atom. The summed E-state index contributed by atoms with van der Waals surface area (Å²) in [6.07, 6.45) is 3.77. The Kier molecular flexibility index (Phi) is 4.58. The second kappa shape index (κ2) is 7.17. The number of hydrogen-bond donors (Lipinski definition) is 1. The Labute approximate surface area is 155 Å². The van der Waals surface area contributed by atoms with E-state index in [0.29, 0.717) is 24.6 Å². The first kappa shape index (κ1) is 16.6. The van der Waals surface area contributed by atoms with E-state index in [9.17, 15) is 4.79 Å². The highest BCUT2D eigenvalue weighted by atomic mass is 35.5. The van der Waals surface area contributed by atoms with Crippen LogP contribution in [-0.4, -0.2) is 27.3 Å². The van der Waals surface area contributed by atoms with Gasteiger partial charge in [0.05, 0.1) is 12.5 Å². The number of ether oxygens (including phenoxy) is 1. The number of amides is 1. The van der Waals surface area contributed by atoms with Gasteiger partial charge in [0, 0.05) is 10.7 Å². The average molecular weight is 369 g/mol. The summed E-state index contributed by atoms with van der Waals surface area (Å²) in [5.41, 5.74) is 2.75. The molecule has 1 atom stereocenters. The molecule has 0 aliphatic carbocycles. The van der Waals surface area contributed by atoms with Crippen LogP contribution < -0.4 is 10.1 Å². The minimum Gasteiger partial charge on any atom is -0.492 e. The molecule has 3 aromatic rings. The topological polar surface area (TPSA) is 69.0 Å². The smallest absolute Gasteiger partial charge is 0.231 e. The van der Waals surface area contributed by atoms with E-state index in [2.05, 4.69) is 15.4 Å². The van der Waals surface area contributed by atoms with Crippen molar-refractivity contribution in [1.29, 1.82) is 0 Å². The number of hydrogen-bond acceptors (Lipinski definition) is 4. The Bertz CT molecular complexity index is 927. The molecule has 26 heavy (non-hydrogen) atoms. The van der Waals surface area contributed by atoms with Gasteiger partial charge in [-0.3, -0.25) is 4.79 Å². The van der Waals surface area contributed by atoms with Crippen LogP contribution in [0.15, 0.2) is 55.1 Å². The van der Waals surface area contributed by atoms with E-state index in [1.165, 1.54) is 6.33 Å². The van der Waals surface area contributed by atoms with E-state index in [-0.39, 0.29) is 11.8 Å². The van der Waals surface area contributed by atoms with Gasteiger partial charge in [0.15, 0.2) is 0 Å². The molecule has 0 radical (unpaired) electrons. The van der Waals surface area contributed by atoms with Crippen molar-refractivity contribution in [2.45, 2.75) is 13.0 Å². The molecule has 6 nitrogen and oxygen atoms in total. The molecular formula is C19H17ClN4O2. The van der Waals surface area contributed by atoms with Gasteiger partial charge in [-0.25, -0.2) is 9.67 Å². The third-order valence-corrected chi connectivity index (χ3v) is 4.54. The third kappa shape index (κ3) is 3.70. The molecule has 1 N–H and O–H groups in total. The van der Waals surface area contributed by atoms with E-state index in [4.69, 9.17) is 16.3 Å². The number of anilines is 1. The van der Waals surface area contributed by atoms with E-state index < -0.39 is 0 Å². The Balaban J connectivity index is 1.43. The summed E-state index contributed by atoms with van der Waals surface area (Å²) in [6, 6.07) is 13.2. The van der Waals surface area contributed by atoms with Crippen LogP contribution in [0.5, 0.6) is 5.75 Å². The zero-order valence-corrected chi connectivity index (χ0v) is 14.7. The van der Waals surface area contributed by atoms with Gasteiger partial charge in [-0.1, -0.05) is 23.7 Å².